The Hall–Kier alpha value is -0.750. The summed E-state index contributed by atoms with van der Waals surface area (Å²) in [4.78, 5) is 14.9. The minimum atomic E-state index is -2.68. The molecule has 1 rings (SSSR count). The first-order valence-corrected chi connectivity index (χ1v) is 5.45. The molecule has 0 fully saturated rings. The van der Waals surface area contributed by atoms with Crippen molar-refractivity contribution in [2.45, 2.75) is 12.3 Å². The van der Waals surface area contributed by atoms with Crippen LogP contribution in [0, 0.1) is 0 Å². The SMILES string of the molecule is COC(=O)c1ncc(C(F)F)c(Br)c1CCl. The van der Waals surface area contributed by atoms with Gasteiger partial charge in [-0.2, -0.15) is 0 Å². The monoisotopic (exact) mass is 313 g/mol. The topological polar surface area (TPSA) is 39.2 Å². The molecule has 0 aliphatic carbocycles. The van der Waals surface area contributed by atoms with Gasteiger partial charge < -0.3 is 4.74 Å². The second kappa shape index (κ2) is 5.54. The number of hydrogen-bond acceptors (Lipinski definition) is 3. The molecule has 0 atom stereocenters. The summed E-state index contributed by atoms with van der Waals surface area (Å²) in [6, 6.07) is 0. The maximum absolute atomic E-state index is 12.5. The minimum Gasteiger partial charge on any atom is -0.464 e. The molecule has 0 N–H and O–H groups in total. The van der Waals surface area contributed by atoms with Crippen LogP contribution in [0.25, 0.3) is 0 Å². The van der Waals surface area contributed by atoms with Crippen molar-refractivity contribution in [3.8, 4) is 0 Å². The molecular formula is C9H7BrClF2NO2. The second-order valence-electron chi connectivity index (χ2n) is 2.78. The minimum absolute atomic E-state index is 0.0613. The molecule has 0 spiro atoms. The molecule has 0 bridgehead atoms. The van der Waals surface area contributed by atoms with Gasteiger partial charge in [0.05, 0.1) is 18.6 Å². The van der Waals surface area contributed by atoms with Gasteiger partial charge in [0.1, 0.15) is 0 Å². The zero-order valence-corrected chi connectivity index (χ0v) is 10.5. The van der Waals surface area contributed by atoms with Crippen molar-refractivity contribution in [1.29, 1.82) is 0 Å². The number of halogens is 4. The van der Waals surface area contributed by atoms with Crippen LogP contribution in [-0.4, -0.2) is 18.1 Å². The molecule has 0 saturated carbocycles. The highest BCUT2D eigenvalue weighted by Gasteiger charge is 2.21. The van der Waals surface area contributed by atoms with Gasteiger partial charge in [-0.1, -0.05) is 0 Å². The Kier molecular flexibility index (Phi) is 4.61. The number of ether oxygens (including phenoxy) is 1. The summed E-state index contributed by atoms with van der Waals surface area (Å²) >= 11 is 8.57. The van der Waals surface area contributed by atoms with Crippen LogP contribution in [0.5, 0.6) is 0 Å². The number of rotatable bonds is 3. The Morgan fingerprint density at radius 3 is 2.75 bits per heavy atom. The number of aromatic nitrogens is 1. The summed E-state index contributed by atoms with van der Waals surface area (Å²) in [7, 11) is 1.18. The van der Waals surface area contributed by atoms with Gasteiger partial charge in [-0.3, -0.25) is 0 Å². The summed E-state index contributed by atoms with van der Waals surface area (Å²) in [6.07, 6.45) is -1.76. The summed E-state index contributed by atoms with van der Waals surface area (Å²) in [5.41, 5.74) is -0.164. The van der Waals surface area contributed by atoms with Gasteiger partial charge in [-0.05, 0) is 15.9 Å². The molecule has 1 heterocycles. The Morgan fingerprint density at radius 1 is 1.69 bits per heavy atom. The van der Waals surface area contributed by atoms with Gasteiger partial charge in [0.15, 0.2) is 5.69 Å². The molecule has 0 radical (unpaired) electrons. The lowest BCUT2D eigenvalue weighted by Gasteiger charge is -2.10. The molecule has 1 aromatic rings. The normalized spacial score (nSPS) is 10.6. The fourth-order valence-corrected chi connectivity index (χ4v) is 2.12. The van der Waals surface area contributed by atoms with E-state index in [-0.39, 0.29) is 27.2 Å². The molecule has 0 aliphatic rings. The molecule has 3 nitrogen and oxygen atoms in total. The fourth-order valence-electron chi connectivity index (χ4n) is 1.09. The quantitative estimate of drug-likeness (QED) is 0.635. The van der Waals surface area contributed by atoms with E-state index in [2.05, 4.69) is 25.7 Å². The largest absolute Gasteiger partial charge is 0.464 e. The van der Waals surface area contributed by atoms with Crippen molar-refractivity contribution in [3.63, 3.8) is 0 Å². The third-order valence-electron chi connectivity index (χ3n) is 1.88. The number of esters is 1. The number of carbonyl (C=O) groups is 1. The highest BCUT2D eigenvalue weighted by Crippen LogP contribution is 2.32. The highest BCUT2D eigenvalue weighted by atomic mass is 79.9. The van der Waals surface area contributed by atoms with Crippen LogP contribution in [0.4, 0.5) is 8.78 Å². The van der Waals surface area contributed by atoms with E-state index < -0.39 is 12.4 Å². The van der Waals surface area contributed by atoms with Crippen LogP contribution in [0.15, 0.2) is 10.7 Å². The molecule has 1 aromatic heterocycles. The lowest BCUT2D eigenvalue weighted by atomic mass is 10.1. The Morgan fingerprint density at radius 2 is 2.31 bits per heavy atom. The van der Waals surface area contributed by atoms with Crippen molar-refractivity contribution in [3.05, 3.63) is 27.5 Å². The van der Waals surface area contributed by atoms with Gasteiger partial charge in [0.2, 0.25) is 0 Å². The molecular weight excluding hydrogens is 307 g/mol. The predicted octanol–water partition coefficient (Wildman–Crippen LogP) is 3.31. The molecule has 16 heavy (non-hydrogen) atoms. The maximum atomic E-state index is 12.5. The van der Waals surface area contributed by atoms with Crippen LogP contribution >= 0.6 is 27.5 Å². The van der Waals surface area contributed by atoms with Crippen LogP contribution in [0.2, 0.25) is 0 Å². The van der Waals surface area contributed by atoms with E-state index in [0.717, 1.165) is 6.20 Å². The molecule has 0 saturated heterocycles. The fraction of sp³-hybridized carbons (Fsp3) is 0.333. The Balaban J connectivity index is 3.35. The van der Waals surface area contributed by atoms with Crippen molar-refractivity contribution < 1.29 is 18.3 Å². The molecule has 0 aromatic carbocycles. The van der Waals surface area contributed by atoms with E-state index in [4.69, 9.17) is 11.6 Å². The van der Waals surface area contributed by atoms with Crippen molar-refractivity contribution in [1.82, 2.24) is 4.98 Å². The number of carbonyl (C=O) groups excluding carboxylic acids is 1. The third-order valence-corrected chi connectivity index (χ3v) is 3.09. The van der Waals surface area contributed by atoms with E-state index in [1.165, 1.54) is 7.11 Å². The smallest absolute Gasteiger partial charge is 0.357 e. The van der Waals surface area contributed by atoms with Crippen molar-refractivity contribution in [2.24, 2.45) is 0 Å². The number of alkyl halides is 3. The number of hydrogen-bond donors (Lipinski definition) is 0. The average Bonchev–Trinajstić information content (AvgIpc) is 2.26. The molecule has 7 heteroatoms. The van der Waals surface area contributed by atoms with E-state index in [0.29, 0.717) is 0 Å². The van der Waals surface area contributed by atoms with E-state index in [1.807, 2.05) is 0 Å². The molecule has 88 valence electrons. The first-order valence-electron chi connectivity index (χ1n) is 4.12. The average molecular weight is 315 g/mol. The van der Waals surface area contributed by atoms with Crippen LogP contribution < -0.4 is 0 Å². The number of nitrogens with zero attached hydrogens (tertiary/aromatic N) is 1. The van der Waals surface area contributed by atoms with Gasteiger partial charge in [0, 0.05) is 16.2 Å². The van der Waals surface area contributed by atoms with Crippen molar-refractivity contribution in [2.75, 3.05) is 7.11 Å². The Labute approximate surface area is 104 Å². The zero-order valence-electron chi connectivity index (χ0n) is 8.14. The molecule has 0 amide bonds. The van der Waals surface area contributed by atoms with Crippen LogP contribution in [0.3, 0.4) is 0 Å². The lowest BCUT2D eigenvalue weighted by molar-refractivity contribution is 0.0592. The van der Waals surface area contributed by atoms with Gasteiger partial charge in [-0.25, -0.2) is 18.6 Å². The first kappa shape index (κ1) is 13.3. The van der Waals surface area contributed by atoms with E-state index >= 15 is 0 Å². The highest BCUT2D eigenvalue weighted by molar-refractivity contribution is 9.10. The van der Waals surface area contributed by atoms with Gasteiger partial charge in [0.25, 0.3) is 6.43 Å². The van der Waals surface area contributed by atoms with Crippen LogP contribution in [0.1, 0.15) is 28.0 Å². The number of pyridine rings is 1. The summed E-state index contributed by atoms with van der Waals surface area (Å²) in [5.74, 6) is -0.823. The standard InChI is InChI=1S/C9H7BrClF2NO2/c1-16-9(15)7-4(2-11)6(10)5(3-14-7)8(12)13/h3,8H,2H2,1H3. The summed E-state index contributed by atoms with van der Waals surface area (Å²) in [6.45, 7) is 0. The number of methoxy groups -OCH3 is 1. The predicted molar refractivity (Wildman–Crippen MR) is 57.8 cm³/mol. The summed E-state index contributed by atoms with van der Waals surface area (Å²) in [5, 5.41) is 0. The summed E-state index contributed by atoms with van der Waals surface area (Å²) < 4.78 is 29.6. The third kappa shape index (κ3) is 2.49. The second-order valence-corrected chi connectivity index (χ2v) is 3.84. The van der Waals surface area contributed by atoms with Gasteiger partial charge >= 0.3 is 5.97 Å². The zero-order chi connectivity index (χ0) is 12.3. The first-order chi connectivity index (χ1) is 7.52. The van der Waals surface area contributed by atoms with Crippen LogP contribution in [-0.2, 0) is 10.6 Å². The lowest BCUT2D eigenvalue weighted by Crippen LogP contribution is -2.10. The van der Waals surface area contributed by atoms with Crippen molar-refractivity contribution >= 4 is 33.5 Å². The Bertz CT molecular complexity index is 415. The maximum Gasteiger partial charge on any atom is 0.357 e. The van der Waals surface area contributed by atoms with Gasteiger partial charge in [-0.15, -0.1) is 11.6 Å². The molecule has 0 aliphatic heterocycles. The molecule has 0 unspecified atom stereocenters. The van der Waals surface area contributed by atoms with E-state index in [1.54, 1.807) is 0 Å². The van der Waals surface area contributed by atoms with E-state index in [9.17, 15) is 13.6 Å².